The van der Waals surface area contributed by atoms with Gasteiger partial charge in [-0.15, -0.1) is 0 Å². The zero-order valence-electron chi connectivity index (χ0n) is 12.5. The van der Waals surface area contributed by atoms with Gasteiger partial charge in [-0.05, 0) is 36.8 Å². The van der Waals surface area contributed by atoms with Crippen LogP contribution in [0.5, 0.6) is 5.75 Å². The van der Waals surface area contributed by atoms with E-state index >= 15 is 0 Å². The quantitative estimate of drug-likeness (QED) is 0.939. The largest absolute Gasteiger partial charge is 0.497 e. The fraction of sp³-hybridized carbons (Fsp3) is 0.294. The molecular formula is C17H19N3O2. The zero-order chi connectivity index (χ0) is 15.4. The van der Waals surface area contributed by atoms with Gasteiger partial charge < -0.3 is 15.0 Å². The number of carbonyl (C=O) groups is 1. The van der Waals surface area contributed by atoms with E-state index in [-0.39, 0.29) is 11.9 Å². The second kappa shape index (κ2) is 6.47. The highest BCUT2D eigenvalue weighted by Crippen LogP contribution is 2.18. The number of nitrogens with zero attached hydrogens (tertiary/aromatic N) is 2. The topological polar surface area (TPSA) is 54.5 Å². The molecule has 1 saturated heterocycles. The Bertz CT molecular complexity index is 645. The lowest BCUT2D eigenvalue weighted by atomic mass is 10.2. The van der Waals surface area contributed by atoms with Gasteiger partial charge in [0.15, 0.2) is 0 Å². The molecule has 0 spiro atoms. The third-order valence-electron chi connectivity index (χ3n) is 3.83. The van der Waals surface area contributed by atoms with Crippen LogP contribution >= 0.6 is 0 Å². The Balaban J connectivity index is 1.61. The highest BCUT2D eigenvalue weighted by atomic mass is 16.5. The second-order valence-electron chi connectivity index (χ2n) is 5.32. The summed E-state index contributed by atoms with van der Waals surface area (Å²) in [6.45, 7) is 1.69. The summed E-state index contributed by atoms with van der Waals surface area (Å²) >= 11 is 0. The van der Waals surface area contributed by atoms with Crippen molar-refractivity contribution in [2.24, 2.45) is 0 Å². The first-order chi connectivity index (χ1) is 10.8. The van der Waals surface area contributed by atoms with E-state index in [2.05, 4.69) is 15.2 Å². The van der Waals surface area contributed by atoms with Gasteiger partial charge >= 0.3 is 0 Å². The van der Waals surface area contributed by atoms with E-state index in [4.69, 9.17) is 4.74 Å². The SMILES string of the molecule is COc1cccc(C(=O)N[C@H]2CCN(c3ccccn3)C2)c1. The van der Waals surface area contributed by atoms with E-state index in [9.17, 15) is 4.79 Å². The molecule has 1 aromatic heterocycles. The number of amides is 1. The lowest BCUT2D eigenvalue weighted by Crippen LogP contribution is -2.37. The average molecular weight is 297 g/mol. The Labute approximate surface area is 129 Å². The van der Waals surface area contributed by atoms with E-state index in [1.54, 1.807) is 25.4 Å². The molecular weight excluding hydrogens is 278 g/mol. The summed E-state index contributed by atoms with van der Waals surface area (Å²) in [5.74, 6) is 1.58. The van der Waals surface area contributed by atoms with E-state index in [0.29, 0.717) is 11.3 Å². The van der Waals surface area contributed by atoms with Gasteiger partial charge in [-0.3, -0.25) is 4.79 Å². The number of carbonyl (C=O) groups excluding carboxylic acids is 1. The number of hydrogen-bond acceptors (Lipinski definition) is 4. The Kier molecular flexibility index (Phi) is 4.23. The minimum atomic E-state index is -0.0632. The van der Waals surface area contributed by atoms with Gasteiger partial charge in [0.05, 0.1) is 7.11 Å². The molecule has 2 heterocycles. The summed E-state index contributed by atoms with van der Waals surface area (Å²) in [6, 6.07) is 13.2. The van der Waals surface area contributed by atoms with E-state index < -0.39 is 0 Å². The number of anilines is 1. The number of aromatic nitrogens is 1. The van der Waals surface area contributed by atoms with Gasteiger partial charge in [0.2, 0.25) is 0 Å². The molecule has 1 aromatic carbocycles. The predicted molar refractivity (Wildman–Crippen MR) is 85.3 cm³/mol. The number of rotatable bonds is 4. The lowest BCUT2D eigenvalue weighted by molar-refractivity contribution is 0.0940. The van der Waals surface area contributed by atoms with Crippen LogP contribution in [0.2, 0.25) is 0 Å². The third-order valence-corrected chi connectivity index (χ3v) is 3.83. The van der Waals surface area contributed by atoms with Crippen molar-refractivity contribution < 1.29 is 9.53 Å². The number of pyridine rings is 1. The zero-order valence-corrected chi connectivity index (χ0v) is 12.5. The van der Waals surface area contributed by atoms with Gasteiger partial charge in [-0.1, -0.05) is 12.1 Å². The Morgan fingerprint density at radius 3 is 3.00 bits per heavy atom. The number of methoxy groups -OCH3 is 1. The monoisotopic (exact) mass is 297 g/mol. The smallest absolute Gasteiger partial charge is 0.251 e. The van der Waals surface area contributed by atoms with Crippen molar-refractivity contribution in [3.8, 4) is 5.75 Å². The first kappa shape index (κ1) is 14.4. The van der Waals surface area contributed by atoms with Crippen LogP contribution in [0.15, 0.2) is 48.7 Å². The van der Waals surface area contributed by atoms with Gasteiger partial charge in [-0.2, -0.15) is 0 Å². The van der Waals surface area contributed by atoms with Crippen molar-refractivity contribution in [1.29, 1.82) is 0 Å². The van der Waals surface area contributed by atoms with E-state index in [1.165, 1.54) is 0 Å². The highest BCUT2D eigenvalue weighted by Gasteiger charge is 2.25. The van der Waals surface area contributed by atoms with Gasteiger partial charge in [0.1, 0.15) is 11.6 Å². The standard InChI is InChI=1S/C17H19N3O2/c1-22-15-6-4-5-13(11-15)17(21)19-14-8-10-20(12-14)16-7-2-3-9-18-16/h2-7,9,11,14H,8,10,12H2,1H3,(H,19,21)/t14-/m0/s1. The van der Waals surface area contributed by atoms with Gasteiger partial charge in [0, 0.05) is 30.9 Å². The molecule has 1 fully saturated rings. The normalized spacial score (nSPS) is 17.3. The van der Waals surface area contributed by atoms with Crippen molar-refractivity contribution in [2.45, 2.75) is 12.5 Å². The minimum Gasteiger partial charge on any atom is -0.497 e. The van der Waals surface area contributed by atoms with Crippen molar-refractivity contribution in [2.75, 3.05) is 25.1 Å². The maximum atomic E-state index is 12.3. The Morgan fingerprint density at radius 1 is 1.32 bits per heavy atom. The molecule has 5 nitrogen and oxygen atoms in total. The van der Waals surface area contributed by atoms with Crippen LogP contribution in [-0.2, 0) is 0 Å². The molecule has 0 saturated carbocycles. The van der Waals surface area contributed by atoms with Crippen LogP contribution in [0.3, 0.4) is 0 Å². The second-order valence-corrected chi connectivity index (χ2v) is 5.32. The van der Waals surface area contributed by atoms with E-state index in [1.807, 2.05) is 30.3 Å². The summed E-state index contributed by atoms with van der Waals surface area (Å²) in [7, 11) is 1.60. The third kappa shape index (κ3) is 3.19. The summed E-state index contributed by atoms with van der Waals surface area (Å²) < 4.78 is 5.15. The molecule has 0 radical (unpaired) electrons. The molecule has 22 heavy (non-hydrogen) atoms. The highest BCUT2D eigenvalue weighted by molar-refractivity contribution is 5.94. The molecule has 5 heteroatoms. The van der Waals surface area contributed by atoms with Crippen molar-refractivity contribution >= 4 is 11.7 Å². The van der Waals surface area contributed by atoms with Crippen molar-refractivity contribution in [3.63, 3.8) is 0 Å². The molecule has 0 unspecified atom stereocenters. The fourth-order valence-electron chi connectivity index (χ4n) is 2.66. The molecule has 0 bridgehead atoms. The number of hydrogen-bond donors (Lipinski definition) is 1. The first-order valence-corrected chi connectivity index (χ1v) is 7.37. The molecule has 0 aliphatic carbocycles. The maximum absolute atomic E-state index is 12.3. The minimum absolute atomic E-state index is 0.0632. The molecule has 1 N–H and O–H groups in total. The molecule has 1 aliphatic rings. The molecule has 1 aliphatic heterocycles. The summed E-state index contributed by atoms with van der Waals surface area (Å²) in [4.78, 5) is 18.9. The molecule has 1 atom stereocenters. The van der Waals surface area contributed by atoms with Crippen LogP contribution in [0.4, 0.5) is 5.82 Å². The first-order valence-electron chi connectivity index (χ1n) is 7.37. The summed E-state index contributed by atoms with van der Waals surface area (Å²) in [5, 5.41) is 3.08. The number of nitrogens with one attached hydrogen (secondary N) is 1. The van der Waals surface area contributed by atoms with Crippen LogP contribution in [0.25, 0.3) is 0 Å². The van der Waals surface area contributed by atoms with E-state index in [0.717, 1.165) is 25.3 Å². The van der Waals surface area contributed by atoms with Crippen LogP contribution in [0, 0.1) is 0 Å². The molecule has 2 aromatic rings. The average Bonchev–Trinajstić information content (AvgIpc) is 3.04. The number of ether oxygens (including phenoxy) is 1. The van der Waals surface area contributed by atoms with Crippen molar-refractivity contribution in [1.82, 2.24) is 10.3 Å². The van der Waals surface area contributed by atoms with Gasteiger partial charge in [-0.25, -0.2) is 4.98 Å². The molecule has 114 valence electrons. The van der Waals surface area contributed by atoms with Crippen molar-refractivity contribution in [3.05, 3.63) is 54.2 Å². The molecule has 1 amide bonds. The Morgan fingerprint density at radius 2 is 2.23 bits per heavy atom. The van der Waals surface area contributed by atoms with Crippen LogP contribution < -0.4 is 15.0 Å². The lowest BCUT2D eigenvalue weighted by Gasteiger charge is -2.17. The summed E-state index contributed by atoms with van der Waals surface area (Å²) in [6.07, 6.45) is 2.71. The molecule has 3 rings (SSSR count). The maximum Gasteiger partial charge on any atom is 0.251 e. The fourth-order valence-corrected chi connectivity index (χ4v) is 2.66. The van der Waals surface area contributed by atoms with Crippen LogP contribution in [0.1, 0.15) is 16.8 Å². The predicted octanol–water partition coefficient (Wildman–Crippen LogP) is 2.10. The number of benzene rings is 1. The Hall–Kier alpha value is -2.56. The summed E-state index contributed by atoms with van der Waals surface area (Å²) in [5.41, 5.74) is 0.621. The van der Waals surface area contributed by atoms with Gasteiger partial charge in [0.25, 0.3) is 5.91 Å². The van der Waals surface area contributed by atoms with Crippen LogP contribution in [-0.4, -0.2) is 37.1 Å².